The molecule has 1 atom stereocenters. The van der Waals surface area contributed by atoms with E-state index in [1.165, 1.54) is 18.7 Å². The molecule has 0 saturated carbocycles. The quantitative estimate of drug-likeness (QED) is 0.486. The fourth-order valence-corrected chi connectivity index (χ4v) is 4.07. The summed E-state index contributed by atoms with van der Waals surface area (Å²) in [6.07, 6.45) is 2.59. The molecule has 0 saturated heterocycles. The number of hydrogen-bond acceptors (Lipinski definition) is 5. The standard InChI is InChI=1S/C22H29N3O4S/c1-6-29-21-13-11-20(12-14-21)25(30(5,27)28)17(4)22(26)24-23-15-18-7-9-19(10-8-18)16(2)3/h7-17H,6H2,1-5H3,(H,24,26)/b23-15-/t17-/m0/s1. The molecule has 0 aliphatic heterocycles. The topological polar surface area (TPSA) is 88.1 Å². The lowest BCUT2D eigenvalue weighted by Crippen LogP contribution is -2.46. The number of nitrogens with one attached hydrogen (secondary N) is 1. The van der Waals surface area contributed by atoms with E-state index in [-0.39, 0.29) is 0 Å². The van der Waals surface area contributed by atoms with Gasteiger partial charge >= 0.3 is 0 Å². The van der Waals surface area contributed by atoms with Gasteiger partial charge in [-0.3, -0.25) is 9.10 Å². The van der Waals surface area contributed by atoms with E-state index in [2.05, 4.69) is 24.4 Å². The smallest absolute Gasteiger partial charge is 0.263 e. The van der Waals surface area contributed by atoms with Crippen molar-refractivity contribution < 1.29 is 17.9 Å². The van der Waals surface area contributed by atoms with Crippen LogP contribution in [0.25, 0.3) is 0 Å². The van der Waals surface area contributed by atoms with Crippen molar-refractivity contribution in [2.75, 3.05) is 17.2 Å². The van der Waals surface area contributed by atoms with Crippen LogP contribution in [0, 0.1) is 0 Å². The first-order chi connectivity index (χ1) is 14.1. The molecule has 2 aromatic carbocycles. The molecule has 1 N–H and O–H groups in total. The van der Waals surface area contributed by atoms with Crippen molar-refractivity contribution in [3.8, 4) is 5.75 Å². The summed E-state index contributed by atoms with van der Waals surface area (Å²) in [5.74, 6) is 0.519. The number of nitrogens with zero attached hydrogens (tertiary/aromatic N) is 2. The summed E-state index contributed by atoms with van der Waals surface area (Å²) in [7, 11) is -3.70. The van der Waals surface area contributed by atoms with E-state index >= 15 is 0 Å². The molecule has 2 rings (SSSR count). The van der Waals surface area contributed by atoms with Gasteiger partial charge in [0.2, 0.25) is 10.0 Å². The van der Waals surface area contributed by atoms with Gasteiger partial charge in [0.25, 0.3) is 5.91 Å². The van der Waals surface area contributed by atoms with Crippen LogP contribution in [0.1, 0.15) is 44.7 Å². The summed E-state index contributed by atoms with van der Waals surface area (Å²) in [6.45, 7) is 8.11. The highest BCUT2D eigenvalue weighted by atomic mass is 32.2. The van der Waals surface area contributed by atoms with E-state index < -0.39 is 22.0 Å². The Morgan fingerprint density at radius 1 is 1.10 bits per heavy atom. The molecule has 0 aromatic heterocycles. The van der Waals surface area contributed by atoms with E-state index in [9.17, 15) is 13.2 Å². The first kappa shape index (κ1) is 23.4. The Hall–Kier alpha value is -2.87. The summed E-state index contributed by atoms with van der Waals surface area (Å²) < 4.78 is 31.1. The summed E-state index contributed by atoms with van der Waals surface area (Å²) in [4.78, 5) is 12.6. The zero-order valence-electron chi connectivity index (χ0n) is 18.0. The molecule has 0 spiro atoms. The number of carbonyl (C=O) groups excluding carboxylic acids is 1. The van der Waals surface area contributed by atoms with Gasteiger partial charge in [0.05, 0.1) is 24.8 Å². The van der Waals surface area contributed by atoms with Crippen molar-refractivity contribution >= 4 is 27.8 Å². The van der Waals surface area contributed by atoms with E-state index in [0.717, 1.165) is 16.1 Å². The number of anilines is 1. The number of hydrazone groups is 1. The van der Waals surface area contributed by atoms with Gasteiger partial charge in [0.15, 0.2) is 0 Å². The molecule has 0 unspecified atom stereocenters. The van der Waals surface area contributed by atoms with Gasteiger partial charge in [-0.2, -0.15) is 5.10 Å². The number of ether oxygens (including phenoxy) is 1. The molecule has 7 nitrogen and oxygen atoms in total. The third-order valence-electron chi connectivity index (χ3n) is 4.48. The summed E-state index contributed by atoms with van der Waals surface area (Å²) >= 11 is 0. The SMILES string of the molecule is CCOc1ccc(N([C@@H](C)C(=O)N/N=C\c2ccc(C(C)C)cc2)S(C)(=O)=O)cc1. The van der Waals surface area contributed by atoms with Crippen LogP contribution >= 0.6 is 0 Å². The summed E-state index contributed by atoms with van der Waals surface area (Å²) in [5, 5.41) is 3.97. The molecule has 8 heteroatoms. The number of carbonyl (C=O) groups is 1. The Balaban J connectivity index is 2.11. The van der Waals surface area contributed by atoms with E-state index in [1.807, 2.05) is 31.2 Å². The molecule has 0 heterocycles. The fourth-order valence-electron chi connectivity index (χ4n) is 2.90. The largest absolute Gasteiger partial charge is 0.494 e. The normalized spacial score (nSPS) is 12.7. The lowest BCUT2D eigenvalue weighted by molar-refractivity contribution is -0.121. The molecule has 30 heavy (non-hydrogen) atoms. The zero-order chi connectivity index (χ0) is 22.3. The van der Waals surface area contributed by atoms with Crippen LogP contribution in [0.2, 0.25) is 0 Å². The molecular weight excluding hydrogens is 402 g/mol. The summed E-state index contributed by atoms with van der Waals surface area (Å²) in [6, 6.07) is 13.4. The van der Waals surface area contributed by atoms with Crippen LogP contribution in [0.4, 0.5) is 5.69 Å². The Morgan fingerprint density at radius 2 is 1.70 bits per heavy atom. The van der Waals surface area contributed by atoms with Crippen LogP contribution < -0.4 is 14.5 Å². The van der Waals surface area contributed by atoms with Gasteiger partial charge < -0.3 is 4.74 Å². The Bertz CT molecular complexity index is 968. The van der Waals surface area contributed by atoms with Gasteiger partial charge in [-0.25, -0.2) is 13.8 Å². The van der Waals surface area contributed by atoms with Crippen molar-refractivity contribution in [2.45, 2.75) is 39.7 Å². The highest BCUT2D eigenvalue weighted by Gasteiger charge is 2.29. The minimum Gasteiger partial charge on any atom is -0.494 e. The maximum atomic E-state index is 12.6. The molecule has 0 aliphatic carbocycles. The fraction of sp³-hybridized carbons (Fsp3) is 0.364. The second kappa shape index (κ2) is 10.2. The monoisotopic (exact) mass is 431 g/mol. The number of rotatable bonds is 9. The predicted molar refractivity (Wildman–Crippen MR) is 121 cm³/mol. The van der Waals surface area contributed by atoms with Crippen LogP contribution in [0.3, 0.4) is 0 Å². The third-order valence-corrected chi connectivity index (χ3v) is 5.72. The maximum absolute atomic E-state index is 12.6. The molecule has 2 aromatic rings. The highest BCUT2D eigenvalue weighted by Crippen LogP contribution is 2.24. The van der Waals surface area contributed by atoms with Crippen molar-refractivity contribution in [1.82, 2.24) is 5.43 Å². The minimum atomic E-state index is -3.70. The molecule has 162 valence electrons. The maximum Gasteiger partial charge on any atom is 0.263 e. The van der Waals surface area contributed by atoms with E-state index in [1.54, 1.807) is 24.3 Å². The average molecular weight is 432 g/mol. The van der Waals surface area contributed by atoms with Crippen molar-refractivity contribution in [1.29, 1.82) is 0 Å². The van der Waals surface area contributed by atoms with Gasteiger partial charge in [0.1, 0.15) is 11.8 Å². The van der Waals surface area contributed by atoms with Gasteiger partial charge in [0, 0.05) is 0 Å². The average Bonchev–Trinajstić information content (AvgIpc) is 2.69. The molecule has 0 radical (unpaired) electrons. The first-order valence-electron chi connectivity index (χ1n) is 9.78. The van der Waals surface area contributed by atoms with E-state index in [0.29, 0.717) is 24.0 Å². The Kier molecular flexibility index (Phi) is 8.00. The third kappa shape index (κ3) is 6.32. The zero-order valence-corrected chi connectivity index (χ0v) is 18.8. The molecule has 0 aliphatic rings. The first-order valence-corrected chi connectivity index (χ1v) is 11.6. The lowest BCUT2D eigenvalue weighted by atomic mass is 10.0. The molecule has 1 amide bonds. The second-order valence-electron chi connectivity index (χ2n) is 7.22. The molecule has 0 fully saturated rings. The minimum absolute atomic E-state index is 0.372. The van der Waals surface area contributed by atoms with Crippen LogP contribution in [-0.4, -0.2) is 39.4 Å². The van der Waals surface area contributed by atoms with Crippen molar-refractivity contribution in [3.63, 3.8) is 0 Å². The number of amides is 1. The van der Waals surface area contributed by atoms with Crippen molar-refractivity contribution in [2.24, 2.45) is 5.10 Å². The highest BCUT2D eigenvalue weighted by molar-refractivity contribution is 7.92. The van der Waals surface area contributed by atoms with Crippen LogP contribution in [0.5, 0.6) is 5.75 Å². The van der Waals surface area contributed by atoms with Crippen molar-refractivity contribution in [3.05, 3.63) is 59.7 Å². The Labute approximate surface area is 178 Å². The van der Waals surface area contributed by atoms with Gasteiger partial charge in [-0.1, -0.05) is 38.1 Å². The summed E-state index contributed by atoms with van der Waals surface area (Å²) in [5.41, 5.74) is 4.84. The van der Waals surface area contributed by atoms with Gasteiger partial charge in [-0.05, 0) is 55.2 Å². The van der Waals surface area contributed by atoms with E-state index in [4.69, 9.17) is 4.74 Å². The second-order valence-corrected chi connectivity index (χ2v) is 9.08. The van der Waals surface area contributed by atoms with Crippen LogP contribution in [0.15, 0.2) is 53.6 Å². The molecular formula is C22H29N3O4S. The number of benzene rings is 2. The Morgan fingerprint density at radius 3 is 2.20 bits per heavy atom. The lowest BCUT2D eigenvalue weighted by Gasteiger charge is -2.27. The predicted octanol–water partition coefficient (Wildman–Crippen LogP) is 3.51. The van der Waals surface area contributed by atoms with Gasteiger partial charge in [-0.15, -0.1) is 0 Å². The number of hydrogen-bond donors (Lipinski definition) is 1. The molecule has 0 bridgehead atoms. The number of sulfonamides is 1. The van der Waals surface area contributed by atoms with Crippen LogP contribution in [-0.2, 0) is 14.8 Å².